The number of nitrogens with two attached hydrogens (primary N) is 1. The number of halogens is 1. The summed E-state index contributed by atoms with van der Waals surface area (Å²) in [6.45, 7) is 8.12. The van der Waals surface area contributed by atoms with Crippen LogP contribution in [0.3, 0.4) is 0 Å². The monoisotopic (exact) mass is 286 g/mol. The smallest absolute Gasteiger partial charge is 0.228 e. The average molecular weight is 287 g/mol. The third-order valence-corrected chi connectivity index (χ3v) is 2.35. The summed E-state index contributed by atoms with van der Waals surface area (Å²) >= 11 is 0. The van der Waals surface area contributed by atoms with Crippen molar-refractivity contribution >= 4 is 24.0 Å². The Morgan fingerprint density at radius 3 is 2.26 bits per heavy atom. The molecule has 0 saturated heterocycles. The highest BCUT2D eigenvalue weighted by molar-refractivity contribution is 5.92. The van der Waals surface area contributed by atoms with Crippen LogP contribution in [0.2, 0.25) is 0 Å². The van der Waals surface area contributed by atoms with E-state index in [1.54, 1.807) is 6.92 Å². The van der Waals surface area contributed by atoms with E-state index in [1.165, 1.54) is 0 Å². The molecule has 0 aliphatic rings. The van der Waals surface area contributed by atoms with Crippen molar-refractivity contribution in [3.63, 3.8) is 0 Å². The van der Waals surface area contributed by atoms with Gasteiger partial charge in [0.1, 0.15) is 11.4 Å². The molecule has 1 amide bonds. The maximum atomic E-state index is 11.6. The lowest BCUT2D eigenvalue weighted by Gasteiger charge is -2.21. The van der Waals surface area contributed by atoms with Crippen LogP contribution in [0.15, 0.2) is 24.3 Å². The number of ether oxygens (including phenoxy) is 1. The highest BCUT2D eigenvalue weighted by atomic mass is 35.5. The van der Waals surface area contributed by atoms with Gasteiger partial charge in [-0.25, -0.2) is 0 Å². The molecule has 1 aromatic rings. The van der Waals surface area contributed by atoms with E-state index in [4.69, 9.17) is 10.5 Å². The summed E-state index contributed by atoms with van der Waals surface area (Å²) in [5, 5.41) is 2.81. The maximum absolute atomic E-state index is 11.6. The fourth-order valence-electron chi connectivity index (χ4n) is 1.33. The molecule has 0 aliphatic heterocycles. The van der Waals surface area contributed by atoms with E-state index < -0.39 is 0 Å². The molecular formula is C14H23ClN2O2. The van der Waals surface area contributed by atoms with Gasteiger partial charge in [-0.3, -0.25) is 4.79 Å². The zero-order valence-electron chi connectivity index (χ0n) is 11.9. The van der Waals surface area contributed by atoms with Crippen molar-refractivity contribution < 1.29 is 9.53 Å². The second-order valence-corrected chi connectivity index (χ2v) is 5.36. The number of nitrogens with one attached hydrogen (secondary N) is 1. The summed E-state index contributed by atoms with van der Waals surface area (Å²) in [6.07, 6.45) is 0. The third-order valence-electron chi connectivity index (χ3n) is 2.35. The first-order valence-corrected chi connectivity index (χ1v) is 6.12. The zero-order chi connectivity index (χ0) is 13.8. The number of hydrogen-bond acceptors (Lipinski definition) is 3. The van der Waals surface area contributed by atoms with Crippen LogP contribution < -0.4 is 15.8 Å². The van der Waals surface area contributed by atoms with Gasteiger partial charge in [0.15, 0.2) is 0 Å². The topological polar surface area (TPSA) is 64.4 Å². The second-order valence-electron chi connectivity index (χ2n) is 5.36. The number of carbonyl (C=O) groups is 1. The molecule has 0 fully saturated rings. The van der Waals surface area contributed by atoms with E-state index in [-0.39, 0.29) is 29.8 Å². The number of benzene rings is 1. The van der Waals surface area contributed by atoms with Crippen molar-refractivity contribution in [2.75, 3.05) is 11.9 Å². The van der Waals surface area contributed by atoms with Crippen molar-refractivity contribution in [1.29, 1.82) is 0 Å². The van der Waals surface area contributed by atoms with Gasteiger partial charge < -0.3 is 15.8 Å². The molecule has 5 heteroatoms. The molecule has 1 unspecified atom stereocenters. The molecule has 1 atom stereocenters. The molecule has 1 rings (SSSR count). The number of amides is 1. The Morgan fingerprint density at radius 2 is 1.84 bits per heavy atom. The Balaban J connectivity index is 0.00000324. The van der Waals surface area contributed by atoms with Gasteiger partial charge in [-0.15, -0.1) is 12.4 Å². The SMILES string of the molecule is CC(CN)C(=O)Nc1ccc(OC(C)(C)C)cc1.Cl. The lowest BCUT2D eigenvalue weighted by molar-refractivity contribution is -0.119. The minimum absolute atomic E-state index is 0. The number of rotatable bonds is 4. The molecule has 4 nitrogen and oxygen atoms in total. The largest absolute Gasteiger partial charge is 0.488 e. The van der Waals surface area contributed by atoms with Crippen LogP contribution in [-0.2, 0) is 4.79 Å². The lowest BCUT2D eigenvalue weighted by atomic mass is 10.1. The predicted octanol–water partition coefficient (Wildman–Crippen LogP) is 2.82. The summed E-state index contributed by atoms with van der Waals surface area (Å²) in [5.74, 6) is 0.532. The van der Waals surface area contributed by atoms with Crippen molar-refractivity contribution in [1.82, 2.24) is 0 Å². The molecule has 0 spiro atoms. The van der Waals surface area contributed by atoms with Crippen molar-refractivity contribution in [3.05, 3.63) is 24.3 Å². The van der Waals surface area contributed by atoms with E-state index in [1.807, 2.05) is 45.0 Å². The molecule has 0 radical (unpaired) electrons. The summed E-state index contributed by atoms with van der Waals surface area (Å²) in [6, 6.07) is 7.33. The van der Waals surface area contributed by atoms with E-state index in [9.17, 15) is 4.79 Å². The van der Waals surface area contributed by atoms with Crippen LogP contribution in [-0.4, -0.2) is 18.1 Å². The Bertz CT molecular complexity index is 399. The Morgan fingerprint density at radius 1 is 1.32 bits per heavy atom. The van der Waals surface area contributed by atoms with Gasteiger partial charge in [-0.05, 0) is 45.0 Å². The van der Waals surface area contributed by atoms with E-state index in [0.29, 0.717) is 6.54 Å². The highest BCUT2D eigenvalue weighted by Crippen LogP contribution is 2.20. The normalized spacial score (nSPS) is 12.3. The summed E-state index contributed by atoms with van der Waals surface area (Å²) in [4.78, 5) is 11.6. The first kappa shape index (κ1) is 17.7. The van der Waals surface area contributed by atoms with Gasteiger partial charge in [0, 0.05) is 18.2 Å². The first-order chi connectivity index (χ1) is 8.31. The molecule has 0 saturated carbocycles. The minimum atomic E-state index is -0.223. The molecule has 0 aromatic heterocycles. The van der Waals surface area contributed by atoms with Gasteiger partial charge in [0.05, 0.1) is 0 Å². The van der Waals surface area contributed by atoms with Crippen molar-refractivity contribution in [2.45, 2.75) is 33.3 Å². The van der Waals surface area contributed by atoms with E-state index in [2.05, 4.69) is 5.32 Å². The quantitative estimate of drug-likeness (QED) is 0.894. The maximum Gasteiger partial charge on any atom is 0.228 e. The first-order valence-electron chi connectivity index (χ1n) is 6.12. The Labute approximate surface area is 121 Å². The molecule has 0 heterocycles. The van der Waals surface area contributed by atoms with Crippen LogP contribution in [0, 0.1) is 5.92 Å². The van der Waals surface area contributed by atoms with Gasteiger partial charge in [-0.1, -0.05) is 6.92 Å². The number of anilines is 1. The molecule has 0 aliphatic carbocycles. The lowest BCUT2D eigenvalue weighted by Crippen LogP contribution is -2.26. The van der Waals surface area contributed by atoms with Gasteiger partial charge in [0.2, 0.25) is 5.91 Å². The summed E-state index contributed by atoms with van der Waals surface area (Å²) in [7, 11) is 0. The predicted molar refractivity (Wildman–Crippen MR) is 80.9 cm³/mol. The fourth-order valence-corrected chi connectivity index (χ4v) is 1.33. The summed E-state index contributed by atoms with van der Waals surface area (Å²) in [5.41, 5.74) is 5.97. The second kappa shape index (κ2) is 7.36. The Hall–Kier alpha value is -1.26. The van der Waals surface area contributed by atoms with Gasteiger partial charge >= 0.3 is 0 Å². The van der Waals surface area contributed by atoms with E-state index in [0.717, 1.165) is 11.4 Å². The van der Waals surface area contributed by atoms with Crippen LogP contribution in [0.25, 0.3) is 0 Å². The molecular weight excluding hydrogens is 264 g/mol. The van der Waals surface area contributed by atoms with Crippen LogP contribution in [0.5, 0.6) is 5.75 Å². The van der Waals surface area contributed by atoms with Crippen LogP contribution >= 0.6 is 12.4 Å². The average Bonchev–Trinajstić information content (AvgIpc) is 2.28. The van der Waals surface area contributed by atoms with Crippen molar-refractivity contribution in [3.8, 4) is 5.75 Å². The van der Waals surface area contributed by atoms with E-state index >= 15 is 0 Å². The number of carbonyl (C=O) groups excluding carboxylic acids is 1. The minimum Gasteiger partial charge on any atom is -0.488 e. The van der Waals surface area contributed by atoms with Crippen molar-refractivity contribution in [2.24, 2.45) is 11.7 Å². The molecule has 19 heavy (non-hydrogen) atoms. The molecule has 1 aromatic carbocycles. The number of hydrogen-bond donors (Lipinski definition) is 2. The fraction of sp³-hybridized carbons (Fsp3) is 0.500. The molecule has 3 N–H and O–H groups in total. The van der Waals surface area contributed by atoms with Gasteiger partial charge in [-0.2, -0.15) is 0 Å². The highest BCUT2D eigenvalue weighted by Gasteiger charge is 2.13. The summed E-state index contributed by atoms with van der Waals surface area (Å²) < 4.78 is 5.70. The van der Waals surface area contributed by atoms with Crippen LogP contribution in [0.1, 0.15) is 27.7 Å². The standard InChI is InChI=1S/C14H22N2O2.ClH/c1-10(9-15)13(17)16-11-5-7-12(8-6-11)18-14(2,3)4;/h5-8,10H,9,15H2,1-4H3,(H,16,17);1H. The van der Waals surface area contributed by atoms with Crippen LogP contribution in [0.4, 0.5) is 5.69 Å². The Kier molecular flexibility index (Phi) is 6.87. The third kappa shape index (κ3) is 6.45. The van der Waals surface area contributed by atoms with Gasteiger partial charge in [0.25, 0.3) is 0 Å². The molecule has 108 valence electrons. The zero-order valence-corrected chi connectivity index (χ0v) is 12.7. The molecule has 0 bridgehead atoms.